The Labute approximate surface area is 243 Å². The van der Waals surface area contributed by atoms with Crippen molar-refractivity contribution in [3.8, 4) is 28.7 Å². The molecule has 0 fully saturated rings. The number of phenolic OH excluding ortho intramolecular Hbond substituents is 1. The van der Waals surface area contributed by atoms with E-state index >= 15 is 0 Å². The Morgan fingerprint density at radius 1 is 0.525 bits per heavy atom. The van der Waals surface area contributed by atoms with E-state index in [0.29, 0.717) is 43.3 Å². The quantitative estimate of drug-likeness (QED) is 0.0654. The van der Waals surface area contributed by atoms with E-state index in [1.807, 2.05) is 6.92 Å². The van der Waals surface area contributed by atoms with Crippen molar-refractivity contribution in [2.45, 2.75) is 150 Å². The van der Waals surface area contributed by atoms with Gasteiger partial charge in [0.2, 0.25) is 17.2 Å². The molecular formula is C33H58O7. The van der Waals surface area contributed by atoms with Gasteiger partial charge in [-0.15, -0.1) is 0 Å². The van der Waals surface area contributed by atoms with Gasteiger partial charge in [0, 0.05) is 5.56 Å². The van der Waals surface area contributed by atoms with E-state index in [9.17, 15) is 15.0 Å². The normalized spacial score (nSPS) is 11.0. The minimum absolute atomic E-state index is 0.117. The lowest BCUT2D eigenvalue weighted by Gasteiger charge is -2.23. The van der Waals surface area contributed by atoms with Crippen molar-refractivity contribution >= 4 is 6.16 Å². The Kier molecular flexibility index (Phi) is 20.9. The molecule has 232 valence electrons. The van der Waals surface area contributed by atoms with Gasteiger partial charge in [-0.1, -0.05) is 124 Å². The summed E-state index contributed by atoms with van der Waals surface area (Å²) in [5, 5.41) is 20.6. The maximum absolute atomic E-state index is 11.5. The lowest BCUT2D eigenvalue weighted by atomic mass is 10.1. The molecule has 0 bridgehead atoms. The molecule has 7 nitrogen and oxygen atoms in total. The number of ether oxygens (including phenoxy) is 4. The van der Waals surface area contributed by atoms with Crippen molar-refractivity contribution in [1.29, 1.82) is 0 Å². The predicted molar refractivity (Wildman–Crippen MR) is 163 cm³/mol. The average Bonchev–Trinajstić information content (AvgIpc) is 2.94. The van der Waals surface area contributed by atoms with Crippen LogP contribution in [0.2, 0.25) is 0 Å². The van der Waals surface area contributed by atoms with E-state index in [1.165, 1.54) is 57.8 Å². The molecule has 0 radical (unpaired) electrons. The molecule has 1 aromatic carbocycles. The number of carboxylic acid groups (broad SMARTS) is 1. The van der Waals surface area contributed by atoms with Crippen LogP contribution in [0.25, 0.3) is 0 Å². The fourth-order valence-corrected chi connectivity index (χ4v) is 4.80. The number of carbonyl (C=O) groups is 1. The Bertz CT molecular complexity index is 794. The van der Waals surface area contributed by atoms with E-state index in [0.717, 1.165) is 57.8 Å². The highest BCUT2D eigenvalue weighted by Gasteiger charge is 2.29. The second kappa shape index (κ2) is 23.4. The Balaban J connectivity index is 3.15. The number of hydrogen-bond donors (Lipinski definition) is 2. The van der Waals surface area contributed by atoms with Gasteiger partial charge in [-0.25, -0.2) is 4.79 Å². The molecule has 1 aromatic rings. The molecule has 0 aliphatic carbocycles. The largest absolute Gasteiger partial charge is 0.511 e. The van der Waals surface area contributed by atoms with Gasteiger partial charge in [0.15, 0.2) is 11.5 Å². The standard InChI is InChI=1S/C33H58O7/c1-5-9-12-15-18-21-24-37-30-27(8-4)29(40-33(35)36)28(34)31(38-25-22-19-16-13-10-6-2)32(30)39-26-23-20-17-14-11-7-3/h34H,5-26H2,1-4H3,(H,35,36). The van der Waals surface area contributed by atoms with Crippen LogP contribution in [-0.2, 0) is 6.42 Å². The Morgan fingerprint density at radius 2 is 0.900 bits per heavy atom. The van der Waals surface area contributed by atoms with Crippen LogP contribution in [0, 0.1) is 0 Å². The highest BCUT2D eigenvalue weighted by molar-refractivity contribution is 5.73. The molecule has 0 spiro atoms. The van der Waals surface area contributed by atoms with Gasteiger partial charge < -0.3 is 29.2 Å². The number of aromatic hydroxyl groups is 1. The van der Waals surface area contributed by atoms with E-state index in [4.69, 9.17) is 18.9 Å². The monoisotopic (exact) mass is 566 g/mol. The zero-order valence-electron chi connectivity index (χ0n) is 26.0. The molecule has 0 unspecified atom stereocenters. The summed E-state index contributed by atoms with van der Waals surface area (Å²) in [6.07, 6.45) is 19.1. The van der Waals surface area contributed by atoms with Crippen LogP contribution in [0.15, 0.2) is 0 Å². The van der Waals surface area contributed by atoms with Gasteiger partial charge in [-0.3, -0.25) is 0 Å². The van der Waals surface area contributed by atoms with E-state index in [-0.39, 0.29) is 17.2 Å². The van der Waals surface area contributed by atoms with E-state index < -0.39 is 6.16 Å². The van der Waals surface area contributed by atoms with Crippen LogP contribution in [-0.4, -0.2) is 36.2 Å². The van der Waals surface area contributed by atoms with E-state index in [2.05, 4.69) is 20.8 Å². The van der Waals surface area contributed by atoms with Gasteiger partial charge in [0.05, 0.1) is 19.8 Å². The van der Waals surface area contributed by atoms with Crippen molar-refractivity contribution in [1.82, 2.24) is 0 Å². The third kappa shape index (κ3) is 14.4. The van der Waals surface area contributed by atoms with Crippen LogP contribution >= 0.6 is 0 Å². The van der Waals surface area contributed by atoms with Crippen LogP contribution in [0.1, 0.15) is 149 Å². The second-order valence-electron chi connectivity index (χ2n) is 10.7. The summed E-state index contributed by atoms with van der Waals surface area (Å²) in [5.74, 6) is 0.436. The molecule has 2 N–H and O–H groups in total. The molecule has 0 saturated carbocycles. The fourth-order valence-electron chi connectivity index (χ4n) is 4.80. The van der Waals surface area contributed by atoms with E-state index in [1.54, 1.807) is 0 Å². The zero-order valence-corrected chi connectivity index (χ0v) is 26.0. The molecule has 0 amide bonds. The molecule has 0 saturated heterocycles. The van der Waals surface area contributed by atoms with Gasteiger partial charge in [0.1, 0.15) is 0 Å². The van der Waals surface area contributed by atoms with Gasteiger partial charge in [-0.2, -0.15) is 0 Å². The first-order valence-electron chi connectivity index (χ1n) is 16.2. The minimum Gasteiger partial charge on any atom is -0.502 e. The number of phenols is 1. The number of rotatable bonds is 26. The molecule has 1 rings (SSSR count). The highest BCUT2D eigenvalue weighted by Crippen LogP contribution is 2.53. The Morgan fingerprint density at radius 3 is 1.30 bits per heavy atom. The predicted octanol–water partition coefficient (Wildman–Crippen LogP) is 10.2. The van der Waals surface area contributed by atoms with Crippen LogP contribution in [0.3, 0.4) is 0 Å². The van der Waals surface area contributed by atoms with Crippen molar-refractivity contribution < 1.29 is 34.0 Å². The summed E-state index contributed by atoms with van der Waals surface area (Å²) in [5.41, 5.74) is 0.482. The third-order valence-electron chi connectivity index (χ3n) is 7.17. The lowest BCUT2D eigenvalue weighted by molar-refractivity contribution is 0.141. The maximum Gasteiger partial charge on any atom is 0.511 e. The zero-order chi connectivity index (χ0) is 29.4. The Hall–Kier alpha value is -2.31. The summed E-state index contributed by atoms with van der Waals surface area (Å²) >= 11 is 0. The molecule has 40 heavy (non-hydrogen) atoms. The van der Waals surface area contributed by atoms with Gasteiger partial charge in [-0.05, 0) is 25.7 Å². The molecule has 0 aromatic heterocycles. The minimum atomic E-state index is -1.49. The van der Waals surface area contributed by atoms with Gasteiger partial charge >= 0.3 is 6.16 Å². The van der Waals surface area contributed by atoms with Crippen LogP contribution in [0.5, 0.6) is 28.7 Å². The molecule has 0 atom stereocenters. The highest BCUT2D eigenvalue weighted by atomic mass is 16.7. The SMILES string of the molecule is CCCCCCCCOc1c(O)c(OC(=O)O)c(CC)c(OCCCCCCCC)c1OCCCCCCCC. The van der Waals surface area contributed by atoms with Crippen molar-refractivity contribution in [2.75, 3.05) is 19.8 Å². The first-order chi connectivity index (χ1) is 19.5. The summed E-state index contributed by atoms with van der Waals surface area (Å²) in [7, 11) is 0. The first-order valence-corrected chi connectivity index (χ1v) is 16.2. The van der Waals surface area contributed by atoms with Crippen molar-refractivity contribution in [2.24, 2.45) is 0 Å². The molecule has 0 aliphatic rings. The first kappa shape index (κ1) is 35.7. The van der Waals surface area contributed by atoms with Crippen LogP contribution in [0.4, 0.5) is 4.79 Å². The number of hydrogen-bond acceptors (Lipinski definition) is 6. The fraction of sp³-hybridized carbons (Fsp3) is 0.788. The van der Waals surface area contributed by atoms with Crippen LogP contribution < -0.4 is 18.9 Å². The topological polar surface area (TPSA) is 94.5 Å². The number of benzene rings is 1. The molecule has 0 heterocycles. The summed E-state index contributed by atoms with van der Waals surface area (Å²) in [6, 6.07) is 0. The maximum atomic E-state index is 11.5. The molecule has 0 aliphatic heterocycles. The number of unbranched alkanes of at least 4 members (excludes halogenated alkanes) is 15. The van der Waals surface area contributed by atoms with Crippen molar-refractivity contribution in [3.05, 3.63) is 5.56 Å². The van der Waals surface area contributed by atoms with Crippen molar-refractivity contribution in [3.63, 3.8) is 0 Å². The van der Waals surface area contributed by atoms with Gasteiger partial charge in [0.25, 0.3) is 0 Å². The summed E-state index contributed by atoms with van der Waals surface area (Å²) in [4.78, 5) is 11.5. The summed E-state index contributed by atoms with van der Waals surface area (Å²) in [6.45, 7) is 9.82. The lowest BCUT2D eigenvalue weighted by Crippen LogP contribution is -2.12. The average molecular weight is 567 g/mol. The molecular weight excluding hydrogens is 508 g/mol. The third-order valence-corrected chi connectivity index (χ3v) is 7.17. The molecule has 7 heteroatoms. The summed E-state index contributed by atoms with van der Waals surface area (Å²) < 4.78 is 23.7. The smallest absolute Gasteiger partial charge is 0.502 e. The second-order valence-corrected chi connectivity index (χ2v) is 10.7.